The average Bonchev–Trinajstić information content (AvgIpc) is 2.71. The third-order valence-corrected chi connectivity index (χ3v) is 3.68. The molecule has 0 aliphatic carbocycles. The van der Waals surface area contributed by atoms with E-state index >= 15 is 0 Å². The maximum atomic E-state index is 9.28. The van der Waals surface area contributed by atoms with E-state index in [2.05, 4.69) is 0 Å². The lowest BCUT2D eigenvalue weighted by atomic mass is 10.3. The predicted octanol–water partition coefficient (Wildman–Crippen LogP) is 4.36. The Morgan fingerprint density at radius 1 is 0.429 bits per heavy atom. The Hall–Kier alpha value is -3.23. The van der Waals surface area contributed by atoms with Crippen LogP contribution < -0.4 is 14.7 Å². The van der Waals surface area contributed by atoms with Crippen LogP contribution in [0.4, 0.5) is 0 Å². The van der Waals surface area contributed by atoms with Crippen molar-refractivity contribution < 1.29 is 44.0 Å². The predicted molar refractivity (Wildman–Crippen MR) is 96.4 cm³/mol. The minimum atomic E-state index is -2.31. The van der Waals surface area contributed by atoms with Gasteiger partial charge in [0.1, 0.15) is 17.2 Å². The Bertz CT molecular complexity index is 736. The van der Waals surface area contributed by atoms with E-state index in [4.69, 9.17) is 28.7 Å². The monoisotopic (exact) mass is 406 g/mol. The van der Waals surface area contributed by atoms with Crippen molar-refractivity contribution in [2.24, 2.45) is 0 Å². The Kier molecular flexibility index (Phi) is 6.72. The normalized spacial score (nSPS) is 10.6. The summed E-state index contributed by atoms with van der Waals surface area (Å²) in [7, 11) is -2.31. The zero-order valence-electron chi connectivity index (χ0n) is 14.2. The molecule has 0 saturated carbocycles. The Labute approximate surface area is 160 Å². The van der Waals surface area contributed by atoms with Crippen molar-refractivity contribution in [3.05, 3.63) is 72.8 Å². The van der Waals surface area contributed by atoms with E-state index in [1.165, 1.54) is 72.8 Å². The summed E-state index contributed by atoms with van der Waals surface area (Å²) in [6, 6.07) is 17.2. The number of hydrogen-bond donors (Lipinski definition) is 3. The molecule has 9 nitrogen and oxygen atoms in total. The zero-order valence-corrected chi connectivity index (χ0v) is 15.1. The smallest absolute Gasteiger partial charge is 0.455 e. The number of aromatic hydroxyl groups is 3. The van der Waals surface area contributed by atoms with Gasteiger partial charge in [-0.3, -0.25) is 0 Å². The molecular weight excluding hydrogens is 391 g/mol. The standard InChI is InChI=1S/C18H15O9P/c19-13-1-7-16(8-2-13)22-25-28(26-23-17-9-3-14(20)4-10-17)27-24-18-11-5-15(21)6-12-18/h1-12,19-21H. The van der Waals surface area contributed by atoms with Gasteiger partial charge in [-0.05, 0) is 72.8 Å². The highest BCUT2D eigenvalue weighted by molar-refractivity contribution is 7.41. The number of benzene rings is 3. The first-order valence-electron chi connectivity index (χ1n) is 7.80. The Morgan fingerprint density at radius 2 is 0.679 bits per heavy atom. The lowest BCUT2D eigenvalue weighted by Crippen LogP contribution is -2.04. The van der Waals surface area contributed by atoms with Crippen molar-refractivity contribution in [2.75, 3.05) is 0 Å². The van der Waals surface area contributed by atoms with Crippen LogP contribution in [0.2, 0.25) is 0 Å². The van der Waals surface area contributed by atoms with Crippen molar-refractivity contribution in [1.29, 1.82) is 0 Å². The molecule has 0 amide bonds. The van der Waals surface area contributed by atoms with E-state index in [1.807, 2.05) is 0 Å². The van der Waals surface area contributed by atoms with Crippen LogP contribution in [-0.4, -0.2) is 15.3 Å². The maximum absolute atomic E-state index is 9.28. The summed E-state index contributed by atoms with van der Waals surface area (Å²) in [4.78, 5) is 15.2. The average molecular weight is 406 g/mol. The first-order chi connectivity index (χ1) is 13.6. The second-order valence-electron chi connectivity index (χ2n) is 5.18. The molecule has 28 heavy (non-hydrogen) atoms. The van der Waals surface area contributed by atoms with E-state index < -0.39 is 8.60 Å². The Morgan fingerprint density at radius 3 is 0.929 bits per heavy atom. The largest absolute Gasteiger partial charge is 0.508 e. The van der Waals surface area contributed by atoms with E-state index in [-0.39, 0.29) is 34.5 Å². The van der Waals surface area contributed by atoms with Crippen molar-refractivity contribution in [3.8, 4) is 34.5 Å². The second-order valence-corrected chi connectivity index (χ2v) is 6.07. The van der Waals surface area contributed by atoms with Gasteiger partial charge in [-0.25, -0.2) is 0 Å². The fraction of sp³-hybridized carbons (Fsp3) is 0. The second kappa shape index (κ2) is 9.63. The summed E-state index contributed by atoms with van der Waals surface area (Å²) in [6.07, 6.45) is 0. The Balaban J connectivity index is 1.58. The fourth-order valence-corrected chi connectivity index (χ4v) is 2.28. The molecule has 0 spiro atoms. The molecule has 3 aromatic rings. The van der Waals surface area contributed by atoms with Crippen LogP contribution in [0.25, 0.3) is 0 Å². The third-order valence-electron chi connectivity index (χ3n) is 3.09. The lowest BCUT2D eigenvalue weighted by Gasteiger charge is -2.14. The number of phenolic OH excluding ortho intramolecular Hbond substituents is 3. The van der Waals surface area contributed by atoms with Gasteiger partial charge in [0.25, 0.3) is 0 Å². The maximum Gasteiger partial charge on any atom is 0.455 e. The molecular formula is C18H15O9P. The van der Waals surface area contributed by atoms with Crippen molar-refractivity contribution in [1.82, 2.24) is 0 Å². The SMILES string of the molecule is Oc1ccc(OOP(OOc2ccc(O)cc2)OOc2ccc(O)cc2)cc1. The minimum absolute atomic E-state index is 0.0634. The first kappa shape index (κ1) is 19.5. The van der Waals surface area contributed by atoms with Gasteiger partial charge >= 0.3 is 8.60 Å². The fourth-order valence-electron chi connectivity index (χ4n) is 1.76. The van der Waals surface area contributed by atoms with E-state index in [9.17, 15) is 15.3 Å². The van der Waals surface area contributed by atoms with E-state index in [1.54, 1.807) is 0 Å². The highest BCUT2D eigenvalue weighted by atomic mass is 31.2. The van der Waals surface area contributed by atoms with Gasteiger partial charge in [-0.15, -0.1) is 0 Å². The van der Waals surface area contributed by atoms with Crippen molar-refractivity contribution in [3.63, 3.8) is 0 Å². The molecule has 146 valence electrons. The molecule has 3 aromatic carbocycles. The summed E-state index contributed by atoms with van der Waals surface area (Å²) >= 11 is 0. The van der Waals surface area contributed by atoms with Crippen LogP contribution in [0, 0.1) is 0 Å². The molecule has 0 fully saturated rings. The van der Waals surface area contributed by atoms with E-state index in [0.717, 1.165) is 0 Å². The van der Waals surface area contributed by atoms with Gasteiger partial charge in [0.05, 0.1) is 0 Å². The molecule has 3 N–H and O–H groups in total. The van der Waals surface area contributed by atoms with Crippen LogP contribution in [-0.2, 0) is 14.0 Å². The molecule has 0 aliphatic heterocycles. The molecule has 0 radical (unpaired) electrons. The highest BCUT2D eigenvalue weighted by Gasteiger charge is 2.21. The van der Waals surface area contributed by atoms with Gasteiger partial charge < -0.3 is 30.0 Å². The summed E-state index contributed by atoms with van der Waals surface area (Å²) in [5.74, 6) is 1.00. The van der Waals surface area contributed by atoms with Crippen molar-refractivity contribution >= 4 is 8.60 Å². The summed E-state index contributed by atoms with van der Waals surface area (Å²) in [5, 5.41) is 27.8. The molecule has 0 bridgehead atoms. The first-order valence-corrected chi connectivity index (χ1v) is 8.89. The lowest BCUT2D eigenvalue weighted by molar-refractivity contribution is -0.219. The van der Waals surface area contributed by atoms with Crippen LogP contribution in [0.5, 0.6) is 34.5 Å². The molecule has 0 atom stereocenters. The highest BCUT2D eigenvalue weighted by Crippen LogP contribution is 2.41. The topological polar surface area (TPSA) is 116 Å². The van der Waals surface area contributed by atoms with Gasteiger partial charge in [-0.2, -0.15) is 0 Å². The molecule has 0 aliphatic rings. The van der Waals surface area contributed by atoms with Crippen molar-refractivity contribution in [2.45, 2.75) is 0 Å². The minimum Gasteiger partial charge on any atom is -0.508 e. The summed E-state index contributed by atoms with van der Waals surface area (Å²) in [5.41, 5.74) is 0. The van der Waals surface area contributed by atoms with Gasteiger partial charge in [0, 0.05) is 0 Å². The molecule has 10 heteroatoms. The molecule has 0 saturated heterocycles. The summed E-state index contributed by atoms with van der Waals surface area (Å²) in [6.45, 7) is 0. The van der Waals surface area contributed by atoms with Crippen LogP contribution in [0.1, 0.15) is 0 Å². The van der Waals surface area contributed by atoms with Crippen LogP contribution in [0.15, 0.2) is 72.8 Å². The van der Waals surface area contributed by atoms with Gasteiger partial charge in [-0.1, -0.05) is 14.0 Å². The molecule has 0 heterocycles. The number of rotatable bonds is 9. The van der Waals surface area contributed by atoms with E-state index in [0.29, 0.717) is 0 Å². The summed E-state index contributed by atoms with van der Waals surface area (Å²) < 4.78 is 15.1. The van der Waals surface area contributed by atoms with Crippen LogP contribution >= 0.6 is 8.60 Å². The third kappa shape index (κ3) is 6.19. The number of phenols is 3. The molecule has 0 unspecified atom stereocenters. The molecule has 0 aromatic heterocycles. The van der Waals surface area contributed by atoms with Crippen LogP contribution in [0.3, 0.4) is 0 Å². The van der Waals surface area contributed by atoms with Gasteiger partial charge in [0.2, 0.25) is 0 Å². The molecule has 3 rings (SSSR count). The van der Waals surface area contributed by atoms with Gasteiger partial charge in [0.15, 0.2) is 17.2 Å². The zero-order chi connectivity index (χ0) is 19.8. The quantitative estimate of drug-likeness (QED) is 0.271. The number of hydrogen-bond acceptors (Lipinski definition) is 9.